The predicted molar refractivity (Wildman–Crippen MR) is 94.8 cm³/mol. The third-order valence-electron chi connectivity index (χ3n) is 5.27. The van der Waals surface area contributed by atoms with E-state index in [0.29, 0.717) is 19.6 Å². The molecule has 0 radical (unpaired) electrons. The van der Waals surface area contributed by atoms with Crippen LogP contribution in [0.25, 0.3) is 0 Å². The Morgan fingerprint density at radius 3 is 2.52 bits per heavy atom. The minimum absolute atomic E-state index is 0.0222. The largest absolute Gasteiger partial charge is 0.369 e. The van der Waals surface area contributed by atoms with Crippen molar-refractivity contribution >= 4 is 23.4 Å². The number of carbonyl (C=O) groups excluding carboxylic acids is 3. The number of piperidine rings is 1. The van der Waals surface area contributed by atoms with E-state index in [0.717, 1.165) is 24.9 Å². The molecule has 0 spiro atoms. The molecular formula is C19H25N3O3. The fourth-order valence-corrected chi connectivity index (χ4v) is 3.70. The molecule has 2 saturated heterocycles. The predicted octanol–water partition coefficient (Wildman–Crippen LogP) is 1.33. The van der Waals surface area contributed by atoms with Gasteiger partial charge in [-0.25, -0.2) is 0 Å². The van der Waals surface area contributed by atoms with Gasteiger partial charge in [-0.15, -0.1) is 0 Å². The highest BCUT2D eigenvalue weighted by Crippen LogP contribution is 2.28. The molecular weight excluding hydrogens is 318 g/mol. The number of hydrogen-bond acceptors (Lipinski definition) is 3. The third-order valence-corrected chi connectivity index (χ3v) is 5.27. The van der Waals surface area contributed by atoms with E-state index < -0.39 is 0 Å². The SMILES string of the molecule is CCc1ccc(N2CC(C(=O)N3CCCC(C(N)=O)C3)CC2=O)cc1. The van der Waals surface area contributed by atoms with Gasteiger partial charge < -0.3 is 15.5 Å². The fraction of sp³-hybridized carbons (Fsp3) is 0.526. The van der Waals surface area contributed by atoms with Crippen molar-refractivity contribution in [3.05, 3.63) is 29.8 Å². The maximum atomic E-state index is 12.8. The lowest BCUT2D eigenvalue weighted by Crippen LogP contribution is -2.46. The molecule has 2 aliphatic heterocycles. The van der Waals surface area contributed by atoms with Crippen LogP contribution in [0.2, 0.25) is 0 Å². The van der Waals surface area contributed by atoms with E-state index in [9.17, 15) is 14.4 Å². The molecule has 134 valence electrons. The first-order chi connectivity index (χ1) is 12.0. The van der Waals surface area contributed by atoms with E-state index >= 15 is 0 Å². The van der Waals surface area contributed by atoms with Crippen LogP contribution in [0.3, 0.4) is 0 Å². The molecule has 3 amide bonds. The molecule has 2 heterocycles. The minimum atomic E-state index is -0.349. The summed E-state index contributed by atoms with van der Waals surface area (Å²) < 4.78 is 0. The molecule has 1 aromatic rings. The summed E-state index contributed by atoms with van der Waals surface area (Å²) in [5.41, 5.74) is 7.44. The van der Waals surface area contributed by atoms with Crippen molar-refractivity contribution in [1.29, 1.82) is 0 Å². The molecule has 0 aliphatic carbocycles. The number of carbonyl (C=O) groups is 3. The van der Waals surface area contributed by atoms with Gasteiger partial charge in [0.1, 0.15) is 0 Å². The van der Waals surface area contributed by atoms with E-state index in [1.54, 1.807) is 9.80 Å². The van der Waals surface area contributed by atoms with Crippen molar-refractivity contribution in [1.82, 2.24) is 4.90 Å². The summed E-state index contributed by atoms with van der Waals surface area (Å²) in [6.07, 6.45) is 2.69. The van der Waals surface area contributed by atoms with Gasteiger partial charge in [0.2, 0.25) is 17.7 Å². The monoisotopic (exact) mass is 343 g/mol. The summed E-state index contributed by atoms with van der Waals surface area (Å²) in [5.74, 6) is -1.02. The molecule has 3 rings (SSSR count). The lowest BCUT2D eigenvalue weighted by Gasteiger charge is -2.32. The second-order valence-electron chi connectivity index (χ2n) is 6.95. The van der Waals surface area contributed by atoms with Crippen molar-refractivity contribution in [2.24, 2.45) is 17.6 Å². The van der Waals surface area contributed by atoms with Gasteiger partial charge in [0, 0.05) is 31.7 Å². The van der Waals surface area contributed by atoms with Crippen molar-refractivity contribution in [3.8, 4) is 0 Å². The van der Waals surface area contributed by atoms with Crippen molar-refractivity contribution in [3.63, 3.8) is 0 Å². The van der Waals surface area contributed by atoms with E-state index in [1.807, 2.05) is 24.3 Å². The van der Waals surface area contributed by atoms with Crippen LogP contribution in [0, 0.1) is 11.8 Å². The van der Waals surface area contributed by atoms with Crippen molar-refractivity contribution < 1.29 is 14.4 Å². The Hall–Kier alpha value is -2.37. The molecule has 25 heavy (non-hydrogen) atoms. The van der Waals surface area contributed by atoms with Gasteiger partial charge in [-0.3, -0.25) is 14.4 Å². The number of nitrogens with zero attached hydrogens (tertiary/aromatic N) is 2. The van der Waals surface area contributed by atoms with Crippen LogP contribution in [-0.2, 0) is 20.8 Å². The molecule has 2 N–H and O–H groups in total. The number of anilines is 1. The molecule has 2 unspecified atom stereocenters. The highest BCUT2D eigenvalue weighted by molar-refractivity contribution is 6.00. The summed E-state index contributed by atoms with van der Waals surface area (Å²) in [6, 6.07) is 7.90. The van der Waals surface area contributed by atoms with E-state index in [4.69, 9.17) is 5.73 Å². The van der Waals surface area contributed by atoms with Crippen LogP contribution in [0.1, 0.15) is 31.7 Å². The van der Waals surface area contributed by atoms with Crippen LogP contribution in [0.15, 0.2) is 24.3 Å². The van der Waals surface area contributed by atoms with E-state index in [1.165, 1.54) is 5.56 Å². The van der Waals surface area contributed by atoms with Gasteiger partial charge in [0.15, 0.2) is 0 Å². The third kappa shape index (κ3) is 3.67. The Balaban J connectivity index is 1.66. The molecule has 2 aliphatic rings. The first-order valence-electron chi connectivity index (χ1n) is 8.97. The highest BCUT2D eigenvalue weighted by atomic mass is 16.2. The summed E-state index contributed by atoms with van der Waals surface area (Å²) >= 11 is 0. The second kappa shape index (κ2) is 7.25. The smallest absolute Gasteiger partial charge is 0.228 e. The van der Waals surface area contributed by atoms with Crippen LogP contribution in [0.4, 0.5) is 5.69 Å². The average Bonchev–Trinajstić information content (AvgIpc) is 3.03. The normalized spacial score (nSPS) is 23.8. The van der Waals surface area contributed by atoms with Crippen LogP contribution in [0.5, 0.6) is 0 Å². The van der Waals surface area contributed by atoms with E-state index in [-0.39, 0.29) is 36.0 Å². The quantitative estimate of drug-likeness (QED) is 0.895. The highest BCUT2D eigenvalue weighted by Gasteiger charge is 2.38. The van der Waals surface area contributed by atoms with Crippen molar-refractivity contribution in [2.75, 3.05) is 24.5 Å². The molecule has 6 heteroatoms. The van der Waals surface area contributed by atoms with Gasteiger partial charge in [-0.2, -0.15) is 0 Å². The zero-order valence-electron chi connectivity index (χ0n) is 14.6. The molecule has 1 aromatic carbocycles. The summed E-state index contributed by atoms with van der Waals surface area (Å²) in [7, 11) is 0. The molecule has 2 atom stereocenters. The number of nitrogens with two attached hydrogens (primary N) is 1. The summed E-state index contributed by atoms with van der Waals surface area (Å²) in [6.45, 7) is 3.51. The van der Waals surface area contributed by atoms with Crippen LogP contribution >= 0.6 is 0 Å². The Labute approximate surface area is 148 Å². The number of likely N-dealkylation sites (tertiary alicyclic amines) is 1. The summed E-state index contributed by atoms with van der Waals surface area (Å²) in [4.78, 5) is 40.0. The number of benzene rings is 1. The van der Waals surface area contributed by atoms with Gasteiger partial charge in [0.05, 0.1) is 11.8 Å². The maximum Gasteiger partial charge on any atom is 0.228 e. The van der Waals surface area contributed by atoms with Gasteiger partial charge in [-0.1, -0.05) is 19.1 Å². The fourth-order valence-electron chi connectivity index (χ4n) is 3.70. The van der Waals surface area contributed by atoms with Crippen LogP contribution < -0.4 is 10.6 Å². The number of aryl methyl sites for hydroxylation is 1. The molecule has 2 fully saturated rings. The molecule has 6 nitrogen and oxygen atoms in total. The lowest BCUT2D eigenvalue weighted by molar-refractivity contribution is -0.139. The Morgan fingerprint density at radius 2 is 1.88 bits per heavy atom. The first kappa shape index (κ1) is 17.5. The first-order valence-corrected chi connectivity index (χ1v) is 8.97. The molecule has 0 bridgehead atoms. The van der Waals surface area contributed by atoms with Crippen molar-refractivity contribution in [2.45, 2.75) is 32.6 Å². The number of hydrogen-bond donors (Lipinski definition) is 1. The van der Waals surface area contributed by atoms with Gasteiger partial charge >= 0.3 is 0 Å². The summed E-state index contributed by atoms with van der Waals surface area (Å²) in [5, 5.41) is 0. The van der Waals surface area contributed by atoms with Gasteiger partial charge in [0.25, 0.3) is 0 Å². The molecule has 0 saturated carbocycles. The Bertz CT molecular complexity index is 671. The second-order valence-corrected chi connectivity index (χ2v) is 6.95. The molecule has 0 aromatic heterocycles. The van der Waals surface area contributed by atoms with E-state index in [2.05, 4.69) is 6.92 Å². The zero-order valence-corrected chi connectivity index (χ0v) is 14.6. The number of rotatable bonds is 4. The number of primary amides is 1. The standard InChI is InChI=1S/C19H25N3O3/c1-2-13-5-7-16(8-6-13)22-12-15(10-17(22)23)19(25)21-9-3-4-14(11-21)18(20)24/h5-8,14-15H,2-4,9-12H2,1H3,(H2,20,24). The number of amides is 3. The Kier molecular flexibility index (Phi) is 5.06. The van der Waals surface area contributed by atoms with Gasteiger partial charge in [-0.05, 0) is 37.0 Å². The average molecular weight is 343 g/mol. The van der Waals surface area contributed by atoms with Crippen LogP contribution in [-0.4, -0.2) is 42.3 Å². The lowest BCUT2D eigenvalue weighted by atomic mass is 9.96. The minimum Gasteiger partial charge on any atom is -0.369 e. The zero-order chi connectivity index (χ0) is 18.0. The Morgan fingerprint density at radius 1 is 1.16 bits per heavy atom. The maximum absolute atomic E-state index is 12.8. The topological polar surface area (TPSA) is 83.7 Å².